The van der Waals surface area contributed by atoms with E-state index in [1.165, 1.54) is 17.7 Å². The van der Waals surface area contributed by atoms with E-state index in [0.29, 0.717) is 6.04 Å². The van der Waals surface area contributed by atoms with Gasteiger partial charge < -0.3 is 15.0 Å². The summed E-state index contributed by atoms with van der Waals surface area (Å²) < 4.78 is 5.51. The lowest BCUT2D eigenvalue weighted by Gasteiger charge is -2.38. The highest BCUT2D eigenvalue weighted by Crippen LogP contribution is 2.39. The molecule has 1 saturated heterocycles. The Morgan fingerprint density at radius 1 is 1.39 bits per heavy atom. The molecule has 1 atom stereocenters. The van der Waals surface area contributed by atoms with Crippen LogP contribution in [0.4, 0.5) is 5.69 Å². The van der Waals surface area contributed by atoms with Crippen molar-refractivity contribution in [2.45, 2.75) is 38.8 Å². The molecule has 2 rings (SSSR count). The number of benzene rings is 1. The highest BCUT2D eigenvalue weighted by atomic mass is 16.5. The van der Waals surface area contributed by atoms with Crippen LogP contribution in [0.25, 0.3) is 0 Å². The Labute approximate surface area is 110 Å². The summed E-state index contributed by atoms with van der Waals surface area (Å²) in [5, 5.41) is 3.42. The van der Waals surface area contributed by atoms with Crippen molar-refractivity contribution in [2.75, 3.05) is 25.6 Å². The van der Waals surface area contributed by atoms with Crippen LogP contribution < -0.4 is 15.0 Å². The van der Waals surface area contributed by atoms with E-state index in [1.54, 1.807) is 7.11 Å². The number of likely N-dealkylation sites (N-methyl/N-ethyl adjacent to an activating group) is 1. The van der Waals surface area contributed by atoms with Crippen molar-refractivity contribution in [1.29, 1.82) is 0 Å². The predicted molar refractivity (Wildman–Crippen MR) is 76.6 cm³/mol. The molecule has 1 aliphatic rings. The van der Waals surface area contributed by atoms with Crippen LogP contribution in [0.2, 0.25) is 0 Å². The van der Waals surface area contributed by atoms with E-state index < -0.39 is 0 Å². The van der Waals surface area contributed by atoms with Crippen molar-refractivity contribution in [3.63, 3.8) is 0 Å². The van der Waals surface area contributed by atoms with Gasteiger partial charge in [0.25, 0.3) is 0 Å². The topological polar surface area (TPSA) is 24.5 Å². The highest BCUT2D eigenvalue weighted by molar-refractivity contribution is 5.62. The number of nitrogens with zero attached hydrogens (tertiary/aromatic N) is 1. The Hall–Kier alpha value is -1.22. The fourth-order valence-corrected chi connectivity index (χ4v) is 3.03. The third-order valence-electron chi connectivity index (χ3n) is 4.16. The molecular formula is C15H24N2O. The molecule has 1 aliphatic heterocycles. The van der Waals surface area contributed by atoms with Gasteiger partial charge in [0, 0.05) is 12.6 Å². The van der Waals surface area contributed by atoms with Gasteiger partial charge in [-0.3, -0.25) is 0 Å². The summed E-state index contributed by atoms with van der Waals surface area (Å²) in [5.74, 6) is 0.963. The Morgan fingerprint density at radius 3 is 2.67 bits per heavy atom. The fourth-order valence-electron chi connectivity index (χ4n) is 3.03. The quantitative estimate of drug-likeness (QED) is 0.890. The summed E-state index contributed by atoms with van der Waals surface area (Å²) in [4.78, 5) is 2.46. The van der Waals surface area contributed by atoms with Crippen LogP contribution in [0.5, 0.6) is 5.75 Å². The maximum atomic E-state index is 5.51. The molecule has 1 N–H and O–H groups in total. The molecular weight excluding hydrogens is 224 g/mol. The number of hydrogen-bond donors (Lipinski definition) is 1. The van der Waals surface area contributed by atoms with Crippen LogP contribution in [-0.4, -0.2) is 32.3 Å². The summed E-state index contributed by atoms with van der Waals surface area (Å²) in [5.41, 5.74) is 2.59. The first kappa shape index (κ1) is 13.2. The largest absolute Gasteiger partial charge is 0.495 e. The first-order valence-corrected chi connectivity index (χ1v) is 6.60. The Morgan fingerprint density at radius 2 is 2.11 bits per heavy atom. The molecule has 1 aromatic carbocycles. The standard InChI is InChI=1S/C15H24N2O/c1-11-6-7-13(18-5)12(10-11)17-9-8-14(16-4)15(17,2)3/h6-7,10,14,16H,8-9H2,1-5H3. The minimum Gasteiger partial charge on any atom is -0.495 e. The monoisotopic (exact) mass is 248 g/mol. The number of methoxy groups -OCH3 is 1. The van der Waals surface area contributed by atoms with Gasteiger partial charge in [0.05, 0.1) is 18.3 Å². The number of nitrogens with one attached hydrogen (secondary N) is 1. The molecule has 0 bridgehead atoms. The average molecular weight is 248 g/mol. The van der Waals surface area contributed by atoms with Crippen LogP contribution in [0.1, 0.15) is 25.8 Å². The average Bonchev–Trinajstić information content (AvgIpc) is 2.63. The van der Waals surface area contributed by atoms with E-state index in [1.807, 2.05) is 7.05 Å². The van der Waals surface area contributed by atoms with E-state index in [9.17, 15) is 0 Å². The number of hydrogen-bond acceptors (Lipinski definition) is 3. The van der Waals surface area contributed by atoms with E-state index in [-0.39, 0.29) is 5.54 Å². The Balaban J connectivity index is 2.40. The molecule has 0 saturated carbocycles. The lowest BCUT2D eigenvalue weighted by Crippen LogP contribution is -2.50. The molecule has 1 unspecified atom stereocenters. The minimum atomic E-state index is 0.107. The SMILES string of the molecule is CNC1CCN(c2cc(C)ccc2OC)C1(C)C. The molecule has 18 heavy (non-hydrogen) atoms. The molecule has 3 heteroatoms. The molecule has 100 valence electrons. The summed E-state index contributed by atoms with van der Waals surface area (Å²) in [6.45, 7) is 7.78. The van der Waals surface area contributed by atoms with Gasteiger partial charge >= 0.3 is 0 Å². The molecule has 1 heterocycles. The zero-order valence-corrected chi connectivity index (χ0v) is 12.1. The zero-order valence-electron chi connectivity index (χ0n) is 12.1. The predicted octanol–water partition coefficient (Wildman–Crippen LogP) is 2.58. The first-order valence-electron chi connectivity index (χ1n) is 6.60. The number of ether oxygens (including phenoxy) is 1. The summed E-state index contributed by atoms with van der Waals surface area (Å²) in [7, 11) is 3.79. The number of anilines is 1. The molecule has 0 radical (unpaired) electrons. The third kappa shape index (κ3) is 2.07. The van der Waals surface area contributed by atoms with E-state index in [4.69, 9.17) is 4.74 Å². The van der Waals surface area contributed by atoms with Crippen molar-refractivity contribution in [3.05, 3.63) is 23.8 Å². The van der Waals surface area contributed by atoms with E-state index >= 15 is 0 Å². The van der Waals surface area contributed by atoms with Crippen molar-refractivity contribution < 1.29 is 4.74 Å². The molecule has 0 spiro atoms. The molecule has 1 aromatic rings. The van der Waals surface area contributed by atoms with Crippen molar-refractivity contribution >= 4 is 5.69 Å². The smallest absolute Gasteiger partial charge is 0.142 e. The van der Waals surface area contributed by atoms with Gasteiger partial charge in [-0.1, -0.05) is 6.07 Å². The lowest BCUT2D eigenvalue weighted by atomic mass is 9.95. The van der Waals surface area contributed by atoms with Gasteiger partial charge in [0.15, 0.2) is 0 Å². The van der Waals surface area contributed by atoms with Gasteiger partial charge in [0.1, 0.15) is 5.75 Å². The van der Waals surface area contributed by atoms with Crippen molar-refractivity contribution in [3.8, 4) is 5.75 Å². The van der Waals surface area contributed by atoms with Crippen molar-refractivity contribution in [1.82, 2.24) is 5.32 Å². The van der Waals surface area contributed by atoms with Crippen LogP contribution in [0.3, 0.4) is 0 Å². The van der Waals surface area contributed by atoms with Gasteiger partial charge in [-0.05, 0) is 51.9 Å². The Bertz CT molecular complexity index is 429. The van der Waals surface area contributed by atoms with E-state index in [0.717, 1.165) is 12.3 Å². The number of rotatable bonds is 3. The summed E-state index contributed by atoms with van der Waals surface area (Å²) in [6.07, 6.45) is 1.17. The van der Waals surface area contributed by atoms with Gasteiger partial charge in [-0.2, -0.15) is 0 Å². The second kappa shape index (κ2) is 4.81. The summed E-state index contributed by atoms with van der Waals surface area (Å²) >= 11 is 0. The number of aryl methyl sites for hydroxylation is 1. The minimum absolute atomic E-state index is 0.107. The molecule has 0 aromatic heterocycles. The maximum Gasteiger partial charge on any atom is 0.142 e. The Kier molecular flexibility index (Phi) is 3.53. The molecule has 3 nitrogen and oxygen atoms in total. The fraction of sp³-hybridized carbons (Fsp3) is 0.600. The van der Waals surface area contributed by atoms with E-state index in [2.05, 4.69) is 49.2 Å². The van der Waals surface area contributed by atoms with Crippen LogP contribution in [0.15, 0.2) is 18.2 Å². The maximum absolute atomic E-state index is 5.51. The normalized spacial score (nSPS) is 22.3. The van der Waals surface area contributed by atoms with Crippen molar-refractivity contribution in [2.24, 2.45) is 0 Å². The van der Waals surface area contributed by atoms with Crippen LogP contribution in [0, 0.1) is 6.92 Å². The van der Waals surface area contributed by atoms with Gasteiger partial charge in [-0.15, -0.1) is 0 Å². The molecule has 0 amide bonds. The van der Waals surface area contributed by atoms with Crippen LogP contribution >= 0.6 is 0 Å². The van der Waals surface area contributed by atoms with Gasteiger partial charge in [0.2, 0.25) is 0 Å². The first-order chi connectivity index (χ1) is 8.50. The van der Waals surface area contributed by atoms with Crippen LogP contribution in [-0.2, 0) is 0 Å². The second-order valence-electron chi connectivity index (χ2n) is 5.61. The second-order valence-corrected chi connectivity index (χ2v) is 5.61. The lowest BCUT2D eigenvalue weighted by molar-refractivity contribution is 0.389. The zero-order chi connectivity index (χ0) is 13.3. The third-order valence-corrected chi connectivity index (χ3v) is 4.16. The van der Waals surface area contributed by atoms with Gasteiger partial charge in [-0.25, -0.2) is 0 Å². The molecule has 0 aliphatic carbocycles. The highest BCUT2D eigenvalue weighted by Gasteiger charge is 2.41. The summed E-state index contributed by atoms with van der Waals surface area (Å²) in [6, 6.07) is 6.90. The molecule has 1 fully saturated rings.